The number of hydrogen-bond acceptors (Lipinski definition) is 4. The average molecular weight is 406 g/mol. The zero-order valence-electron chi connectivity index (χ0n) is 13.4. The molecule has 0 bridgehead atoms. The fourth-order valence-corrected chi connectivity index (χ4v) is 3.82. The van der Waals surface area contributed by atoms with Crippen LogP contribution in [0.3, 0.4) is 0 Å². The van der Waals surface area contributed by atoms with Gasteiger partial charge in [-0.2, -0.15) is 0 Å². The van der Waals surface area contributed by atoms with Gasteiger partial charge in [-0.15, -0.1) is 0 Å². The monoisotopic (exact) mass is 405 g/mol. The third-order valence-electron chi connectivity index (χ3n) is 3.47. The first-order valence-corrected chi connectivity index (χ1v) is 9.14. The second kappa shape index (κ2) is 7.99. The Morgan fingerprint density at radius 1 is 1.12 bits per heavy atom. The van der Waals surface area contributed by atoms with Crippen LogP contribution in [0.4, 0.5) is 10.5 Å². The van der Waals surface area contributed by atoms with Crippen molar-refractivity contribution < 1.29 is 14.3 Å². The Bertz CT molecular complexity index is 889. The molecule has 0 radical (unpaired) electrons. The zero-order valence-corrected chi connectivity index (χ0v) is 15.8. The summed E-state index contributed by atoms with van der Waals surface area (Å²) in [5, 5.41) is 0.274. The highest BCUT2D eigenvalue weighted by atomic mass is 35.5. The molecule has 3 rings (SSSR count). The molecule has 4 nitrogen and oxygen atoms in total. The number of anilines is 1. The van der Waals surface area contributed by atoms with Crippen molar-refractivity contribution in [3.63, 3.8) is 0 Å². The predicted octanol–water partition coefficient (Wildman–Crippen LogP) is 5.80. The first-order valence-electron chi connectivity index (χ1n) is 7.57. The molecule has 0 atom stereocenters. The number of para-hydroxylation sites is 1. The van der Waals surface area contributed by atoms with Crippen LogP contribution in [0, 0.1) is 0 Å². The van der Waals surface area contributed by atoms with Gasteiger partial charge in [0.25, 0.3) is 11.1 Å². The number of hydrogen-bond donors (Lipinski definition) is 0. The zero-order chi connectivity index (χ0) is 18.7. The largest absolute Gasteiger partial charge is 0.486 e. The molecule has 7 heteroatoms. The third-order valence-corrected chi connectivity index (χ3v) is 4.90. The van der Waals surface area contributed by atoms with Gasteiger partial charge in [0, 0.05) is 0 Å². The standard InChI is InChI=1S/C19H13Cl2NO3S/c1-2-8-25-17-14(20)9-12(10-15(17)21)11-16-18(23)22(19(24)26-16)13-6-4-3-5-7-13/h2-7,9-11H,1,8H2/b16-11+. The second-order valence-electron chi connectivity index (χ2n) is 5.27. The molecular formula is C19H13Cl2NO3S. The first-order chi connectivity index (χ1) is 12.5. The van der Waals surface area contributed by atoms with Crippen molar-refractivity contribution >= 4 is 57.9 Å². The van der Waals surface area contributed by atoms with Crippen LogP contribution < -0.4 is 9.64 Å². The van der Waals surface area contributed by atoms with Gasteiger partial charge in [0.1, 0.15) is 6.61 Å². The number of rotatable bonds is 5. The smallest absolute Gasteiger partial charge is 0.298 e. The quantitative estimate of drug-likeness (QED) is 0.465. The van der Waals surface area contributed by atoms with Crippen LogP contribution in [0.25, 0.3) is 6.08 Å². The maximum Gasteiger partial charge on any atom is 0.298 e. The number of amides is 2. The average Bonchev–Trinajstić information content (AvgIpc) is 2.88. The van der Waals surface area contributed by atoms with E-state index in [0.717, 1.165) is 16.7 Å². The molecule has 2 aromatic carbocycles. The highest BCUT2D eigenvalue weighted by Gasteiger charge is 2.36. The molecule has 0 spiro atoms. The van der Waals surface area contributed by atoms with E-state index in [2.05, 4.69) is 6.58 Å². The van der Waals surface area contributed by atoms with Crippen LogP contribution in [-0.2, 0) is 4.79 Å². The Labute approximate surface area is 165 Å². The Morgan fingerprint density at radius 3 is 2.38 bits per heavy atom. The van der Waals surface area contributed by atoms with Crippen LogP contribution in [-0.4, -0.2) is 17.8 Å². The Kier molecular flexibility index (Phi) is 5.71. The number of thioether (sulfide) groups is 1. The minimum absolute atomic E-state index is 0.273. The van der Waals surface area contributed by atoms with Gasteiger partial charge in [-0.25, -0.2) is 4.90 Å². The van der Waals surface area contributed by atoms with Crippen LogP contribution >= 0.6 is 35.0 Å². The molecular weight excluding hydrogens is 393 g/mol. The van der Waals surface area contributed by atoms with Crippen molar-refractivity contribution in [3.8, 4) is 5.75 Å². The molecule has 0 aliphatic carbocycles. The van der Waals surface area contributed by atoms with E-state index in [1.165, 1.54) is 0 Å². The summed E-state index contributed by atoms with van der Waals surface area (Å²) >= 11 is 13.3. The number of halogens is 2. The van der Waals surface area contributed by atoms with Crippen molar-refractivity contribution in [1.82, 2.24) is 0 Å². The maximum atomic E-state index is 12.6. The molecule has 0 aromatic heterocycles. The second-order valence-corrected chi connectivity index (χ2v) is 7.07. The fourth-order valence-electron chi connectivity index (χ4n) is 2.36. The third kappa shape index (κ3) is 3.80. The number of nitrogens with zero attached hydrogens (tertiary/aromatic N) is 1. The summed E-state index contributed by atoms with van der Waals surface area (Å²) < 4.78 is 5.42. The summed E-state index contributed by atoms with van der Waals surface area (Å²) in [4.78, 5) is 26.3. The van der Waals surface area contributed by atoms with Crippen molar-refractivity contribution in [2.24, 2.45) is 0 Å². The van der Waals surface area contributed by atoms with Gasteiger partial charge in [0.2, 0.25) is 0 Å². The van der Waals surface area contributed by atoms with E-state index in [9.17, 15) is 9.59 Å². The maximum absolute atomic E-state index is 12.6. The van der Waals surface area contributed by atoms with E-state index in [1.807, 2.05) is 6.07 Å². The topological polar surface area (TPSA) is 46.6 Å². The number of ether oxygens (including phenoxy) is 1. The molecule has 1 heterocycles. The van der Waals surface area contributed by atoms with Crippen molar-refractivity contribution in [1.29, 1.82) is 0 Å². The molecule has 0 N–H and O–H groups in total. The van der Waals surface area contributed by atoms with Gasteiger partial charge < -0.3 is 4.74 Å². The Hall–Kier alpha value is -2.21. The molecule has 26 heavy (non-hydrogen) atoms. The molecule has 2 aromatic rings. The highest BCUT2D eigenvalue weighted by molar-refractivity contribution is 8.19. The molecule has 1 aliphatic heterocycles. The number of carbonyl (C=O) groups excluding carboxylic acids is 2. The summed E-state index contributed by atoms with van der Waals surface area (Å²) in [6.07, 6.45) is 3.17. The van der Waals surface area contributed by atoms with Gasteiger partial charge in [-0.05, 0) is 47.7 Å². The van der Waals surface area contributed by atoms with Crippen molar-refractivity contribution in [2.75, 3.05) is 11.5 Å². The molecule has 0 unspecified atom stereocenters. The Balaban J connectivity index is 1.90. The van der Waals surface area contributed by atoms with E-state index >= 15 is 0 Å². The van der Waals surface area contributed by atoms with E-state index in [1.54, 1.807) is 48.6 Å². The van der Waals surface area contributed by atoms with Crippen molar-refractivity contribution in [3.05, 3.63) is 75.6 Å². The molecule has 132 valence electrons. The lowest BCUT2D eigenvalue weighted by molar-refractivity contribution is -0.113. The van der Waals surface area contributed by atoms with Crippen LogP contribution in [0.15, 0.2) is 60.0 Å². The lowest BCUT2D eigenvalue weighted by Gasteiger charge is -2.11. The van der Waals surface area contributed by atoms with E-state index in [-0.39, 0.29) is 17.8 Å². The van der Waals surface area contributed by atoms with Crippen LogP contribution in [0.5, 0.6) is 5.75 Å². The summed E-state index contributed by atoms with van der Waals surface area (Å²) in [5.74, 6) is -0.0341. The van der Waals surface area contributed by atoms with Crippen molar-refractivity contribution in [2.45, 2.75) is 0 Å². The van der Waals surface area contributed by atoms with Gasteiger partial charge in [-0.1, -0.05) is 54.1 Å². The molecule has 2 amide bonds. The van der Waals surface area contributed by atoms with Gasteiger partial charge in [0.05, 0.1) is 20.6 Å². The molecule has 1 aliphatic rings. The highest BCUT2D eigenvalue weighted by Crippen LogP contribution is 2.38. The molecule has 1 fully saturated rings. The van der Waals surface area contributed by atoms with Crippen LogP contribution in [0.2, 0.25) is 10.0 Å². The first kappa shape index (κ1) is 18.6. The summed E-state index contributed by atoms with van der Waals surface area (Å²) in [6, 6.07) is 12.0. The lowest BCUT2D eigenvalue weighted by atomic mass is 10.2. The molecule has 1 saturated heterocycles. The fraction of sp³-hybridized carbons (Fsp3) is 0.0526. The van der Waals surface area contributed by atoms with E-state index < -0.39 is 0 Å². The van der Waals surface area contributed by atoms with Gasteiger partial charge >= 0.3 is 0 Å². The van der Waals surface area contributed by atoms with Gasteiger partial charge in [0.15, 0.2) is 5.75 Å². The normalized spacial score (nSPS) is 15.6. The number of imide groups is 1. The minimum atomic E-state index is -0.384. The number of carbonyl (C=O) groups is 2. The van der Waals surface area contributed by atoms with Crippen LogP contribution in [0.1, 0.15) is 5.56 Å². The van der Waals surface area contributed by atoms with E-state index in [4.69, 9.17) is 27.9 Å². The lowest BCUT2D eigenvalue weighted by Crippen LogP contribution is -2.27. The summed E-state index contributed by atoms with van der Waals surface area (Å²) in [7, 11) is 0. The predicted molar refractivity (Wildman–Crippen MR) is 107 cm³/mol. The molecule has 0 saturated carbocycles. The van der Waals surface area contributed by atoms with Gasteiger partial charge in [-0.3, -0.25) is 9.59 Å². The SMILES string of the molecule is C=CCOc1c(Cl)cc(/C=C2/SC(=O)N(c3ccccc3)C2=O)cc1Cl. The number of benzene rings is 2. The summed E-state index contributed by atoms with van der Waals surface area (Å²) in [5.41, 5.74) is 1.13. The Morgan fingerprint density at radius 2 is 1.77 bits per heavy atom. The van der Waals surface area contributed by atoms with E-state index in [0.29, 0.717) is 32.0 Å². The minimum Gasteiger partial charge on any atom is -0.486 e. The summed E-state index contributed by atoms with van der Waals surface area (Å²) in [6.45, 7) is 3.84.